The number of nitrogens with one attached hydrogen (secondary N) is 1. The van der Waals surface area contributed by atoms with Crippen molar-refractivity contribution in [3.8, 4) is 5.75 Å². The van der Waals surface area contributed by atoms with Gasteiger partial charge in [0.1, 0.15) is 12.4 Å². The van der Waals surface area contributed by atoms with Crippen LogP contribution in [0.4, 0.5) is 11.4 Å². The summed E-state index contributed by atoms with van der Waals surface area (Å²) < 4.78 is 10.7. The van der Waals surface area contributed by atoms with Crippen molar-refractivity contribution >= 4 is 17.3 Å². The molecule has 126 valence electrons. The van der Waals surface area contributed by atoms with E-state index in [1.165, 1.54) is 24.3 Å². The Hall–Kier alpha value is -2.93. The minimum Gasteiger partial charge on any atom is -0.491 e. The number of nitro groups is 1. The molecule has 0 bridgehead atoms. The van der Waals surface area contributed by atoms with E-state index in [9.17, 15) is 14.9 Å². The number of benzene rings is 2. The molecule has 0 radical (unpaired) electrons. The Morgan fingerprint density at radius 3 is 2.58 bits per heavy atom. The maximum atomic E-state index is 12.2. The van der Waals surface area contributed by atoms with Gasteiger partial charge in [0.05, 0.1) is 11.5 Å². The molecule has 0 spiro atoms. The molecule has 2 aromatic rings. The van der Waals surface area contributed by atoms with Gasteiger partial charge in [-0.1, -0.05) is 6.07 Å². The summed E-state index contributed by atoms with van der Waals surface area (Å²) in [4.78, 5) is 22.3. The number of hydrogen-bond donors (Lipinski definition) is 1. The van der Waals surface area contributed by atoms with Gasteiger partial charge in [0.25, 0.3) is 11.6 Å². The fraction of sp³-hybridized carbons (Fsp3) is 0.235. The summed E-state index contributed by atoms with van der Waals surface area (Å²) in [5, 5.41) is 13.3. The molecule has 0 heterocycles. The van der Waals surface area contributed by atoms with E-state index in [0.29, 0.717) is 36.8 Å². The third kappa shape index (κ3) is 5.06. The fourth-order valence-corrected chi connectivity index (χ4v) is 1.96. The lowest BCUT2D eigenvalue weighted by atomic mass is 10.2. The zero-order valence-electron chi connectivity index (χ0n) is 13.2. The lowest BCUT2D eigenvalue weighted by Gasteiger charge is -2.09. The molecule has 1 N–H and O–H groups in total. The molecular weight excluding hydrogens is 312 g/mol. The molecule has 2 rings (SSSR count). The predicted octanol–water partition coefficient (Wildman–Crippen LogP) is 3.26. The highest BCUT2D eigenvalue weighted by molar-refractivity contribution is 6.04. The first kappa shape index (κ1) is 17.4. The largest absolute Gasteiger partial charge is 0.491 e. The van der Waals surface area contributed by atoms with Crippen LogP contribution in [0.15, 0.2) is 48.5 Å². The van der Waals surface area contributed by atoms with E-state index in [1.807, 2.05) is 6.92 Å². The number of carbonyl (C=O) groups is 1. The van der Waals surface area contributed by atoms with Crippen LogP contribution < -0.4 is 10.1 Å². The smallest absolute Gasteiger partial charge is 0.269 e. The Morgan fingerprint density at radius 1 is 1.17 bits per heavy atom. The van der Waals surface area contributed by atoms with Gasteiger partial charge < -0.3 is 14.8 Å². The summed E-state index contributed by atoms with van der Waals surface area (Å²) in [7, 11) is 0. The molecule has 0 saturated carbocycles. The van der Waals surface area contributed by atoms with Crippen LogP contribution in [0.2, 0.25) is 0 Å². The van der Waals surface area contributed by atoms with Gasteiger partial charge in [-0.15, -0.1) is 0 Å². The van der Waals surface area contributed by atoms with Crippen molar-refractivity contribution in [3.05, 3.63) is 64.2 Å². The SMILES string of the molecule is CCOCCOc1cccc(NC(=O)c2ccc([N+](=O)[O-])cc2)c1. The summed E-state index contributed by atoms with van der Waals surface area (Å²) >= 11 is 0. The van der Waals surface area contributed by atoms with Gasteiger partial charge in [0.2, 0.25) is 0 Å². The van der Waals surface area contributed by atoms with Crippen molar-refractivity contribution in [1.82, 2.24) is 0 Å². The summed E-state index contributed by atoms with van der Waals surface area (Å²) in [6, 6.07) is 12.4. The van der Waals surface area contributed by atoms with E-state index >= 15 is 0 Å². The number of non-ortho nitro benzene ring substituents is 1. The van der Waals surface area contributed by atoms with E-state index in [2.05, 4.69) is 5.32 Å². The van der Waals surface area contributed by atoms with Crippen molar-refractivity contribution in [2.24, 2.45) is 0 Å². The molecule has 0 aromatic heterocycles. The van der Waals surface area contributed by atoms with E-state index in [4.69, 9.17) is 9.47 Å². The standard InChI is InChI=1S/C17H18N2O5/c1-2-23-10-11-24-16-5-3-4-14(12-16)18-17(20)13-6-8-15(9-7-13)19(21)22/h3-9,12H,2,10-11H2,1H3,(H,18,20). The van der Waals surface area contributed by atoms with Gasteiger partial charge in [-0.25, -0.2) is 0 Å². The van der Waals surface area contributed by atoms with Crippen molar-refractivity contribution < 1.29 is 19.2 Å². The highest BCUT2D eigenvalue weighted by Gasteiger charge is 2.10. The molecular formula is C17H18N2O5. The van der Waals surface area contributed by atoms with Gasteiger partial charge in [-0.05, 0) is 31.2 Å². The molecule has 0 aliphatic heterocycles. The fourth-order valence-electron chi connectivity index (χ4n) is 1.96. The monoisotopic (exact) mass is 330 g/mol. The second-order valence-corrected chi connectivity index (χ2v) is 4.83. The third-order valence-corrected chi connectivity index (χ3v) is 3.13. The summed E-state index contributed by atoms with van der Waals surface area (Å²) in [6.07, 6.45) is 0. The van der Waals surface area contributed by atoms with Crippen molar-refractivity contribution in [2.75, 3.05) is 25.1 Å². The normalized spacial score (nSPS) is 10.2. The van der Waals surface area contributed by atoms with Gasteiger partial charge in [0, 0.05) is 36.1 Å². The van der Waals surface area contributed by atoms with Crippen LogP contribution in [0.25, 0.3) is 0 Å². The molecule has 2 aromatic carbocycles. The number of anilines is 1. The summed E-state index contributed by atoms with van der Waals surface area (Å²) in [6.45, 7) is 3.46. The van der Waals surface area contributed by atoms with Gasteiger partial charge in [-0.2, -0.15) is 0 Å². The zero-order chi connectivity index (χ0) is 17.4. The maximum Gasteiger partial charge on any atom is 0.269 e. The van der Waals surface area contributed by atoms with E-state index < -0.39 is 4.92 Å². The van der Waals surface area contributed by atoms with Crippen LogP contribution in [0.5, 0.6) is 5.75 Å². The van der Waals surface area contributed by atoms with Crippen LogP contribution in [0.1, 0.15) is 17.3 Å². The Balaban J connectivity index is 1.97. The second kappa shape index (κ2) is 8.64. The van der Waals surface area contributed by atoms with Crippen LogP contribution in [-0.4, -0.2) is 30.7 Å². The molecule has 1 amide bonds. The van der Waals surface area contributed by atoms with Gasteiger partial charge in [-0.3, -0.25) is 14.9 Å². The topological polar surface area (TPSA) is 90.7 Å². The van der Waals surface area contributed by atoms with E-state index in [-0.39, 0.29) is 11.6 Å². The number of nitrogens with zero attached hydrogens (tertiary/aromatic N) is 1. The Bertz CT molecular complexity index is 700. The van der Waals surface area contributed by atoms with Crippen LogP contribution >= 0.6 is 0 Å². The first-order valence-corrected chi connectivity index (χ1v) is 7.46. The molecule has 0 atom stereocenters. The Kier molecular flexibility index (Phi) is 6.27. The molecule has 0 aliphatic carbocycles. The molecule has 24 heavy (non-hydrogen) atoms. The minimum absolute atomic E-state index is 0.0590. The van der Waals surface area contributed by atoms with Crippen LogP contribution in [0.3, 0.4) is 0 Å². The predicted molar refractivity (Wildman–Crippen MR) is 89.5 cm³/mol. The third-order valence-electron chi connectivity index (χ3n) is 3.13. The second-order valence-electron chi connectivity index (χ2n) is 4.83. The highest BCUT2D eigenvalue weighted by atomic mass is 16.6. The molecule has 0 aliphatic rings. The molecule has 0 fully saturated rings. The lowest BCUT2D eigenvalue weighted by Crippen LogP contribution is -2.12. The summed E-state index contributed by atoms with van der Waals surface area (Å²) in [5.41, 5.74) is 0.853. The average Bonchev–Trinajstić information content (AvgIpc) is 2.59. The first-order chi connectivity index (χ1) is 11.6. The Labute approximate surface area is 139 Å². The van der Waals surface area contributed by atoms with Crippen molar-refractivity contribution in [2.45, 2.75) is 6.92 Å². The zero-order valence-corrected chi connectivity index (χ0v) is 13.2. The average molecular weight is 330 g/mol. The van der Waals surface area contributed by atoms with Crippen molar-refractivity contribution in [1.29, 1.82) is 0 Å². The van der Waals surface area contributed by atoms with Crippen LogP contribution in [-0.2, 0) is 4.74 Å². The number of carbonyl (C=O) groups excluding carboxylic acids is 1. The van der Waals surface area contributed by atoms with Crippen LogP contribution in [0, 0.1) is 10.1 Å². The van der Waals surface area contributed by atoms with E-state index in [0.717, 1.165) is 0 Å². The number of hydrogen-bond acceptors (Lipinski definition) is 5. The molecule has 0 unspecified atom stereocenters. The van der Waals surface area contributed by atoms with Crippen molar-refractivity contribution in [3.63, 3.8) is 0 Å². The first-order valence-electron chi connectivity index (χ1n) is 7.46. The number of amides is 1. The Morgan fingerprint density at radius 2 is 1.92 bits per heavy atom. The lowest BCUT2D eigenvalue weighted by molar-refractivity contribution is -0.384. The maximum absolute atomic E-state index is 12.2. The molecule has 7 heteroatoms. The minimum atomic E-state index is -0.509. The van der Waals surface area contributed by atoms with Gasteiger partial charge in [0.15, 0.2) is 0 Å². The quantitative estimate of drug-likeness (QED) is 0.456. The molecule has 7 nitrogen and oxygen atoms in total. The van der Waals surface area contributed by atoms with Gasteiger partial charge >= 0.3 is 0 Å². The number of nitro benzene ring substituents is 1. The molecule has 0 saturated heterocycles. The highest BCUT2D eigenvalue weighted by Crippen LogP contribution is 2.19. The number of rotatable bonds is 8. The summed E-state index contributed by atoms with van der Waals surface area (Å²) in [5.74, 6) is 0.271. The van der Waals surface area contributed by atoms with E-state index in [1.54, 1.807) is 24.3 Å². The number of ether oxygens (including phenoxy) is 2.